The number of halogens is 3. The Morgan fingerprint density at radius 2 is 1.89 bits per heavy atom. The van der Waals surface area contributed by atoms with Crippen LogP contribution in [0.4, 0.5) is 13.2 Å². The number of amides is 2. The van der Waals surface area contributed by atoms with Gasteiger partial charge in [-0.25, -0.2) is 4.98 Å². The van der Waals surface area contributed by atoms with Gasteiger partial charge >= 0.3 is 6.18 Å². The highest BCUT2D eigenvalue weighted by atomic mass is 32.1. The number of piperidine rings is 1. The quantitative estimate of drug-likeness (QED) is 0.408. The molecule has 4 rings (SSSR count). The molecule has 1 aliphatic rings. The van der Waals surface area contributed by atoms with Crippen molar-refractivity contribution in [2.45, 2.75) is 50.8 Å². The van der Waals surface area contributed by atoms with Crippen LogP contribution in [-0.2, 0) is 0 Å². The van der Waals surface area contributed by atoms with E-state index < -0.39 is 24.5 Å². The summed E-state index contributed by atoms with van der Waals surface area (Å²) in [7, 11) is 0. The minimum atomic E-state index is -4.50. The van der Waals surface area contributed by atoms with Gasteiger partial charge in [-0.2, -0.15) is 13.2 Å². The minimum absolute atomic E-state index is 0.00657. The second-order valence-corrected chi connectivity index (χ2v) is 10.1. The monoisotopic (exact) mass is 534 g/mol. The Balaban J connectivity index is 1.30. The number of carbonyl (C=O) groups is 2. The molecule has 0 aliphatic carbocycles. The van der Waals surface area contributed by atoms with Crippen molar-refractivity contribution in [1.82, 2.24) is 20.2 Å². The topological polar surface area (TPSA) is 87.3 Å². The molecule has 7 nitrogen and oxygen atoms in total. The summed E-state index contributed by atoms with van der Waals surface area (Å²) >= 11 is 1.32. The van der Waals surface area contributed by atoms with Crippen molar-refractivity contribution in [3.63, 3.8) is 0 Å². The van der Waals surface area contributed by atoms with Crippen LogP contribution >= 0.6 is 11.3 Å². The Bertz CT molecular complexity index is 1180. The van der Waals surface area contributed by atoms with Crippen molar-refractivity contribution in [2.24, 2.45) is 0 Å². The minimum Gasteiger partial charge on any atom is -0.491 e. The van der Waals surface area contributed by atoms with Crippen molar-refractivity contribution in [3.8, 4) is 5.75 Å². The first-order valence-electron chi connectivity index (χ1n) is 12.1. The number of nitrogens with one attached hydrogen (secondary N) is 2. The van der Waals surface area contributed by atoms with Crippen LogP contribution in [0.15, 0.2) is 48.0 Å². The second kappa shape index (κ2) is 11.4. The van der Waals surface area contributed by atoms with Crippen LogP contribution in [0, 0.1) is 0 Å². The summed E-state index contributed by atoms with van der Waals surface area (Å²) in [4.78, 5) is 34.2. The lowest BCUT2D eigenvalue weighted by Gasteiger charge is -2.31. The number of rotatable bonds is 8. The van der Waals surface area contributed by atoms with Crippen LogP contribution < -0.4 is 10.1 Å². The van der Waals surface area contributed by atoms with Crippen LogP contribution in [0.1, 0.15) is 70.1 Å². The lowest BCUT2D eigenvalue weighted by atomic mass is 9.97. The van der Waals surface area contributed by atoms with Gasteiger partial charge in [0.05, 0.1) is 11.1 Å². The van der Waals surface area contributed by atoms with E-state index in [-0.39, 0.29) is 29.3 Å². The molecule has 198 valence electrons. The number of H-pyrrole nitrogens is 1. The molecule has 1 unspecified atom stereocenters. The van der Waals surface area contributed by atoms with Crippen molar-refractivity contribution in [3.05, 3.63) is 69.9 Å². The van der Waals surface area contributed by atoms with Gasteiger partial charge < -0.3 is 19.9 Å². The lowest BCUT2D eigenvalue weighted by molar-refractivity contribution is -0.149. The molecule has 11 heteroatoms. The number of thiazole rings is 1. The molecule has 3 heterocycles. The molecule has 37 heavy (non-hydrogen) atoms. The number of benzene rings is 1. The molecule has 0 saturated carbocycles. The van der Waals surface area contributed by atoms with Crippen molar-refractivity contribution >= 4 is 23.2 Å². The number of aromatic nitrogens is 2. The lowest BCUT2D eigenvalue weighted by Crippen LogP contribution is -2.38. The summed E-state index contributed by atoms with van der Waals surface area (Å²) in [5.41, 5.74) is 0.696. The number of hydrogen-bond donors (Lipinski definition) is 2. The Morgan fingerprint density at radius 3 is 2.49 bits per heavy atom. The van der Waals surface area contributed by atoms with Gasteiger partial charge in [-0.3, -0.25) is 9.59 Å². The molecule has 1 fully saturated rings. The van der Waals surface area contributed by atoms with Gasteiger partial charge in [0.2, 0.25) is 0 Å². The number of hydrogen-bond acceptors (Lipinski definition) is 5. The zero-order valence-electron chi connectivity index (χ0n) is 20.5. The van der Waals surface area contributed by atoms with Crippen LogP contribution in [0.2, 0.25) is 0 Å². The van der Waals surface area contributed by atoms with Gasteiger partial charge in [-0.15, -0.1) is 11.3 Å². The average molecular weight is 535 g/mol. The molecule has 3 aromatic rings. The van der Waals surface area contributed by atoms with E-state index in [9.17, 15) is 22.8 Å². The Hall–Kier alpha value is -3.34. The van der Waals surface area contributed by atoms with E-state index >= 15 is 0 Å². The van der Waals surface area contributed by atoms with Crippen LogP contribution in [0.3, 0.4) is 0 Å². The molecule has 0 radical (unpaired) electrons. The zero-order valence-corrected chi connectivity index (χ0v) is 21.4. The standard InChI is InChI=1S/C26H29F3N4O3S/c1-16(2)36-19-7-5-18(6-8-19)25(35)33-12-9-17(10-13-33)24-32-22(15-37-24)23(34)31-14-20(26(27,28)29)21-4-3-11-30-21/h3-8,11,15-17,20,30H,9-10,12-14H2,1-2H3,(H,31,34). The van der Waals surface area contributed by atoms with E-state index in [2.05, 4.69) is 15.3 Å². The zero-order chi connectivity index (χ0) is 26.6. The summed E-state index contributed by atoms with van der Waals surface area (Å²) in [5, 5.41) is 4.69. The molecule has 1 aromatic carbocycles. The third-order valence-electron chi connectivity index (χ3n) is 6.22. The van der Waals surface area contributed by atoms with Gasteiger partial charge in [-0.1, -0.05) is 0 Å². The SMILES string of the molecule is CC(C)Oc1ccc(C(=O)N2CCC(c3nc(C(=O)NCC(c4ccc[nH]4)C(F)(F)F)cs3)CC2)cc1. The van der Waals surface area contributed by atoms with E-state index in [0.717, 1.165) is 5.01 Å². The van der Waals surface area contributed by atoms with Gasteiger partial charge in [-0.05, 0) is 63.1 Å². The first kappa shape index (κ1) is 26.7. The van der Waals surface area contributed by atoms with Crippen molar-refractivity contribution in [1.29, 1.82) is 0 Å². The second-order valence-electron chi connectivity index (χ2n) is 9.26. The molecular formula is C26H29F3N4O3S. The fourth-order valence-corrected chi connectivity index (χ4v) is 5.26. The summed E-state index contributed by atoms with van der Waals surface area (Å²) < 4.78 is 45.9. The molecular weight excluding hydrogens is 505 g/mol. The van der Waals surface area contributed by atoms with Crippen molar-refractivity contribution < 1.29 is 27.5 Å². The molecule has 2 aromatic heterocycles. The number of ether oxygens (including phenoxy) is 1. The molecule has 1 saturated heterocycles. The van der Waals surface area contributed by atoms with Gasteiger partial charge in [0.15, 0.2) is 0 Å². The maximum absolute atomic E-state index is 13.4. The summed E-state index contributed by atoms with van der Waals surface area (Å²) in [6.45, 7) is 4.40. The van der Waals surface area contributed by atoms with Crippen molar-refractivity contribution in [2.75, 3.05) is 19.6 Å². The fourth-order valence-electron chi connectivity index (χ4n) is 4.29. The molecule has 2 amide bonds. The average Bonchev–Trinajstić information content (AvgIpc) is 3.56. The van der Waals surface area contributed by atoms with E-state index in [4.69, 9.17) is 4.74 Å². The fraction of sp³-hybridized carbons (Fsp3) is 0.423. The molecule has 1 aliphatic heterocycles. The Kier molecular flexibility index (Phi) is 8.21. The Morgan fingerprint density at radius 1 is 1.19 bits per heavy atom. The van der Waals surface area contributed by atoms with Crippen LogP contribution in [0.5, 0.6) is 5.75 Å². The van der Waals surface area contributed by atoms with Gasteiger partial charge in [0.25, 0.3) is 11.8 Å². The number of alkyl halides is 3. The first-order chi connectivity index (χ1) is 17.6. The Labute approximate surface area is 217 Å². The van der Waals surface area contributed by atoms with Crippen LogP contribution in [0.25, 0.3) is 0 Å². The highest BCUT2D eigenvalue weighted by Gasteiger charge is 2.41. The summed E-state index contributed by atoms with van der Waals surface area (Å²) in [5.74, 6) is -1.72. The maximum atomic E-state index is 13.4. The normalized spacial score (nSPS) is 15.6. The third kappa shape index (κ3) is 6.71. The van der Waals surface area contributed by atoms with Gasteiger partial charge in [0.1, 0.15) is 17.4 Å². The van der Waals surface area contributed by atoms with Crippen LogP contribution in [-0.4, -0.2) is 58.6 Å². The number of aromatic amines is 1. The first-order valence-corrected chi connectivity index (χ1v) is 13.0. The number of nitrogens with zero attached hydrogens (tertiary/aromatic N) is 2. The third-order valence-corrected chi connectivity index (χ3v) is 7.23. The molecule has 0 spiro atoms. The van der Waals surface area contributed by atoms with E-state index in [1.54, 1.807) is 34.5 Å². The molecule has 0 bridgehead atoms. The van der Waals surface area contributed by atoms with E-state index in [1.165, 1.54) is 29.7 Å². The molecule has 1 atom stereocenters. The number of carbonyl (C=O) groups excluding carboxylic acids is 2. The predicted molar refractivity (Wildman–Crippen MR) is 134 cm³/mol. The highest BCUT2D eigenvalue weighted by molar-refractivity contribution is 7.09. The largest absolute Gasteiger partial charge is 0.491 e. The van der Waals surface area contributed by atoms with Gasteiger partial charge in [0, 0.05) is 48.4 Å². The smallest absolute Gasteiger partial charge is 0.398 e. The van der Waals surface area contributed by atoms with E-state index in [1.807, 2.05) is 13.8 Å². The number of likely N-dealkylation sites (tertiary alicyclic amines) is 1. The summed E-state index contributed by atoms with van der Waals surface area (Å²) in [6.07, 6.45) is -1.64. The van der Waals surface area contributed by atoms with E-state index in [0.29, 0.717) is 37.2 Å². The highest BCUT2D eigenvalue weighted by Crippen LogP contribution is 2.34. The summed E-state index contributed by atoms with van der Waals surface area (Å²) in [6, 6.07) is 9.93. The maximum Gasteiger partial charge on any atom is 0.398 e. The predicted octanol–water partition coefficient (Wildman–Crippen LogP) is 5.35. The molecule has 2 N–H and O–H groups in total.